The maximum atomic E-state index is 9.38. The highest BCUT2D eigenvalue weighted by Gasteiger charge is 2.14. The lowest BCUT2D eigenvalue weighted by Gasteiger charge is -2.18. The van der Waals surface area contributed by atoms with E-state index in [-0.39, 0.29) is 0 Å². The van der Waals surface area contributed by atoms with Crippen molar-refractivity contribution in [2.24, 2.45) is 0 Å². The Kier molecular flexibility index (Phi) is 4.54. The Bertz CT molecular complexity index is 408. The van der Waals surface area contributed by atoms with Crippen molar-refractivity contribution in [1.82, 2.24) is 0 Å². The number of hydrogen-bond acceptors (Lipinski definition) is 1. The second-order valence-electron chi connectivity index (χ2n) is 4.61. The minimum Gasteiger partial charge on any atom is -0.393 e. The van der Waals surface area contributed by atoms with Gasteiger partial charge in [-0.2, -0.15) is 0 Å². The van der Waals surface area contributed by atoms with Gasteiger partial charge < -0.3 is 5.11 Å². The summed E-state index contributed by atoms with van der Waals surface area (Å²) in [5.41, 5.74) is 2.59. The topological polar surface area (TPSA) is 20.2 Å². The van der Waals surface area contributed by atoms with E-state index in [2.05, 4.69) is 55.5 Å². The Morgan fingerprint density at radius 1 is 0.778 bits per heavy atom. The SMILES string of the molecule is [CH2]C(O)CCC(c1ccccc1)c1ccccc1. The molecule has 1 radical (unpaired) electrons. The quantitative estimate of drug-likeness (QED) is 0.841. The molecule has 2 rings (SSSR count). The fourth-order valence-corrected chi connectivity index (χ4v) is 2.26. The van der Waals surface area contributed by atoms with Crippen LogP contribution in [0.1, 0.15) is 29.9 Å². The molecule has 93 valence electrons. The van der Waals surface area contributed by atoms with Crippen molar-refractivity contribution in [3.8, 4) is 0 Å². The van der Waals surface area contributed by atoms with Gasteiger partial charge in [-0.15, -0.1) is 0 Å². The summed E-state index contributed by atoms with van der Waals surface area (Å²) in [6.07, 6.45) is 1.15. The first kappa shape index (κ1) is 12.8. The van der Waals surface area contributed by atoms with Gasteiger partial charge in [0.25, 0.3) is 0 Å². The summed E-state index contributed by atoms with van der Waals surface area (Å²) >= 11 is 0. The van der Waals surface area contributed by atoms with Crippen molar-refractivity contribution < 1.29 is 5.11 Å². The molecule has 1 N–H and O–H groups in total. The summed E-state index contributed by atoms with van der Waals surface area (Å²) in [5, 5.41) is 9.38. The molecule has 0 saturated heterocycles. The lowest BCUT2D eigenvalue weighted by molar-refractivity contribution is 0.205. The lowest BCUT2D eigenvalue weighted by Crippen LogP contribution is -2.06. The number of aliphatic hydroxyl groups is 1. The molecule has 0 aliphatic heterocycles. The normalized spacial score (nSPS) is 12.6. The second-order valence-corrected chi connectivity index (χ2v) is 4.61. The molecule has 0 amide bonds. The number of hydrogen-bond donors (Lipinski definition) is 1. The number of aliphatic hydroxyl groups excluding tert-OH is 1. The third-order valence-electron chi connectivity index (χ3n) is 3.19. The Morgan fingerprint density at radius 3 is 1.61 bits per heavy atom. The van der Waals surface area contributed by atoms with Gasteiger partial charge in [-0.3, -0.25) is 0 Å². The highest BCUT2D eigenvalue weighted by atomic mass is 16.3. The summed E-state index contributed by atoms with van der Waals surface area (Å²) in [6.45, 7) is 3.65. The average molecular weight is 239 g/mol. The first-order valence-corrected chi connectivity index (χ1v) is 6.38. The molecular weight excluding hydrogens is 220 g/mol. The van der Waals surface area contributed by atoms with Crippen LogP contribution in [0, 0.1) is 6.92 Å². The molecule has 0 heterocycles. The van der Waals surface area contributed by atoms with Crippen molar-refractivity contribution >= 4 is 0 Å². The second kappa shape index (κ2) is 6.36. The van der Waals surface area contributed by atoms with Crippen LogP contribution in [0.2, 0.25) is 0 Å². The molecule has 2 aromatic carbocycles. The molecule has 1 atom stereocenters. The van der Waals surface area contributed by atoms with Crippen LogP contribution in [0.4, 0.5) is 0 Å². The Balaban J connectivity index is 2.24. The van der Waals surface area contributed by atoms with E-state index in [1.54, 1.807) is 0 Å². The van der Waals surface area contributed by atoms with E-state index in [4.69, 9.17) is 0 Å². The summed E-state index contributed by atoms with van der Waals surface area (Å²) in [5.74, 6) is 0.337. The Hall–Kier alpha value is -1.60. The Morgan fingerprint density at radius 2 is 1.22 bits per heavy atom. The van der Waals surface area contributed by atoms with Gasteiger partial charge in [-0.1, -0.05) is 60.7 Å². The van der Waals surface area contributed by atoms with E-state index in [0.717, 1.165) is 6.42 Å². The number of benzene rings is 2. The van der Waals surface area contributed by atoms with Crippen LogP contribution in [0.25, 0.3) is 0 Å². The minimum absolute atomic E-state index is 0.337. The standard InChI is InChI=1S/C17H19O/c1-14(18)12-13-17(15-8-4-2-5-9-15)16-10-6-3-7-11-16/h2-11,14,17-18H,1,12-13H2. The third kappa shape index (κ3) is 3.44. The zero-order valence-corrected chi connectivity index (χ0v) is 10.5. The van der Waals surface area contributed by atoms with Crippen LogP contribution in [0.3, 0.4) is 0 Å². The highest BCUT2D eigenvalue weighted by molar-refractivity contribution is 5.32. The van der Waals surface area contributed by atoms with Crippen molar-refractivity contribution in [2.45, 2.75) is 24.9 Å². The molecular formula is C17H19O. The van der Waals surface area contributed by atoms with Crippen molar-refractivity contribution in [3.63, 3.8) is 0 Å². The van der Waals surface area contributed by atoms with Crippen LogP contribution in [-0.2, 0) is 0 Å². The van der Waals surface area contributed by atoms with E-state index >= 15 is 0 Å². The van der Waals surface area contributed by atoms with Gasteiger partial charge in [0.15, 0.2) is 0 Å². The highest BCUT2D eigenvalue weighted by Crippen LogP contribution is 2.29. The first-order chi connectivity index (χ1) is 8.77. The van der Waals surface area contributed by atoms with Crippen molar-refractivity contribution in [2.75, 3.05) is 0 Å². The zero-order valence-electron chi connectivity index (χ0n) is 10.5. The van der Waals surface area contributed by atoms with E-state index in [1.807, 2.05) is 12.1 Å². The largest absolute Gasteiger partial charge is 0.393 e. The van der Waals surface area contributed by atoms with Gasteiger partial charge in [0.1, 0.15) is 0 Å². The smallest absolute Gasteiger partial charge is 0.0541 e. The zero-order chi connectivity index (χ0) is 12.8. The molecule has 1 nitrogen and oxygen atoms in total. The Labute approximate surface area is 109 Å². The van der Waals surface area contributed by atoms with Gasteiger partial charge in [-0.25, -0.2) is 0 Å². The summed E-state index contributed by atoms with van der Waals surface area (Å²) < 4.78 is 0. The van der Waals surface area contributed by atoms with Gasteiger partial charge in [0, 0.05) is 5.92 Å². The molecule has 0 aromatic heterocycles. The van der Waals surface area contributed by atoms with Crippen LogP contribution < -0.4 is 0 Å². The average Bonchev–Trinajstić information content (AvgIpc) is 2.41. The van der Waals surface area contributed by atoms with Gasteiger partial charge >= 0.3 is 0 Å². The molecule has 0 aliphatic carbocycles. The summed E-state index contributed by atoms with van der Waals surface area (Å²) in [4.78, 5) is 0. The maximum Gasteiger partial charge on any atom is 0.0541 e. The van der Waals surface area contributed by atoms with Crippen LogP contribution in [0.5, 0.6) is 0 Å². The van der Waals surface area contributed by atoms with Crippen LogP contribution in [0.15, 0.2) is 60.7 Å². The third-order valence-corrected chi connectivity index (χ3v) is 3.19. The lowest BCUT2D eigenvalue weighted by atomic mass is 9.87. The minimum atomic E-state index is -0.486. The number of rotatable bonds is 5. The molecule has 1 unspecified atom stereocenters. The predicted molar refractivity (Wildman–Crippen MR) is 75.3 cm³/mol. The summed E-state index contributed by atoms with van der Waals surface area (Å²) in [6, 6.07) is 20.9. The van der Waals surface area contributed by atoms with Crippen molar-refractivity contribution in [3.05, 3.63) is 78.7 Å². The summed E-state index contributed by atoms with van der Waals surface area (Å²) in [7, 11) is 0. The van der Waals surface area contributed by atoms with Gasteiger partial charge in [0.05, 0.1) is 6.10 Å². The molecule has 0 saturated carbocycles. The van der Waals surface area contributed by atoms with E-state index in [0.29, 0.717) is 12.3 Å². The molecule has 18 heavy (non-hydrogen) atoms. The van der Waals surface area contributed by atoms with Crippen molar-refractivity contribution in [1.29, 1.82) is 0 Å². The van der Waals surface area contributed by atoms with Gasteiger partial charge in [-0.05, 0) is 30.9 Å². The molecule has 0 aliphatic rings. The first-order valence-electron chi connectivity index (χ1n) is 6.38. The fourth-order valence-electron chi connectivity index (χ4n) is 2.26. The van der Waals surface area contributed by atoms with Crippen LogP contribution >= 0.6 is 0 Å². The molecule has 0 bridgehead atoms. The predicted octanol–water partition coefficient (Wildman–Crippen LogP) is 3.79. The van der Waals surface area contributed by atoms with Gasteiger partial charge in [0.2, 0.25) is 0 Å². The molecule has 0 spiro atoms. The maximum absolute atomic E-state index is 9.38. The fraction of sp³-hybridized carbons (Fsp3) is 0.235. The molecule has 1 heteroatoms. The molecule has 0 fully saturated rings. The molecule has 2 aromatic rings. The van der Waals surface area contributed by atoms with E-state index in [1.165, 1.54) is 11.1 Å². The van der Waals surface area contributed by atoms with Crippen LogP contribution in [-0.4, -0.2) is 11.2 Å². The van der Waals surface area contributed by atoms with E-state index in [9.17, 15) is 5.11 Å². The van der Waals surface area contributed by atoms with E-state index < -0.39 is 6.10 Å². The monoisotopic (exact) mass is 239 g/mol.